The van der Waals surface area contributed by atoms with Crippen LogP contribution in [0.2, 0.25) is 5.02 Å². The summed E-state index contributed by atoms with van der Waals surface area (Å²) in [6, 6.07) is 14.8. The van der Waals surface area contributed by atoms with Gasteiger partial charge in [0.1, 0.15) is 19.0 Å². The van der Waals surface area contributed by atoms with Crippen molar-refractivity contribution in [3.05, 3.63) is 88.2 Å². The van der Waals surface area contributed by atoms with Crippen LogP contribution in [0.3, 0.4) is 0 Å². The molecule has 11 heteroatoms. The van der Waals surface area contributed by atoms with Crippen LogP contribution in [0.25, 0.3) is 0 Å². The smallest absolute Gasteiger partial charge is 0.416 e. The number of anilines is 1. The van der Waals surface area contributed by atoms with Crippen molar-refractivity contribution in [3.8, 4) is 11.5 Å². The minimum absolute atomic E-state index is 0. The molecule has 210 valence electrons. The first-order chi connectivity index (χ1) is 18.2. The molecule has 0 fully saturated rings. The normalized spacial score (nSPS) is 13.7. The second kappa shape index (κ2) is 13.4. The molecule has 2 N–H and O–H groups in total. The molecule has 1 aliphatic rings. The number of nitrogens with two attached hydrogens (primary N) is 1. The second-order valence-corrected chi connectivity index (χ2v) is 9.42. The predicted molar refractivity (Wildman–Crippen MR) is 144 cm³/mol. The van der Waals surface area contributed by atoms with Crippen LogP contribution in [-0.2, 0) is 23.8 Å². The van der Waals surface area contributed by atoms with Crippen LogP contribution >= 0.6 is 24.0 Å². The lowest BCUT2D eigenvalue weighted by molar-refractivity contribution is -0.137. The summed E-state index contributed by atoms with van der Waals surface area (Å²) < 4.78 is 64.1. The molecule has 0 saturated heterocycles. The van der Waals surface area contributed by atoms with Gasteiger partial charge < -0.3 is 20.1 Å². The van der Waals surface area contributed by atoms with Gasteiger partial charge in [0.15, 0.2) is 11.6 Å². The molecule has 0 spiro atoms. The fourth-order valence-corrected chi connectivity index (χ4v) is 4.56. The molecular weight excluding hydrogens is 559 g/mol. The lowest BCUT2D eigenvalue weighted by Crippen LogP contribution is -2.42. The van der Waals surface area contributed by atoms with Gasteiger partial charge in [0, 0.05) is 23.8 Å². The van der Waals surface area contributed by atoms with E-state index >= 15 is 0 Å². The van der Waals surface area contributed by atoms with Gasteiger partial charge in [-0.05, 0) is 78.9 Å². The number of carbonyl (C=O) groups is 1. The molecule has 3 aromatic carbocycles. The molecule has 39 heavy (non-hydrogen) atoms. The van der Waals surface area contributed by atoms with Crippen molar-refractivity contribution < 1.29 is 31.8 Å². The Labute approximate surface area is 235 Å². The number of alkyl halides is 3. The minimum Gasteiger partial charge on any atom is -0.490 e. The predicted octanol–water partition coefficient (Wildman–Crippen LogP) is 6.47. The molecule has 1 aliphatic heterocycles. The average molecular weight is 587 g/mol. The fraction of sp³-hybridized carbons (Fsp3) is 0.321. The van der Waals surface area contributed by atoms with Crippen molar-refractivity contribution in [2.45, 2.75) is 25.4 Å². The Morgan fingerprint density at radius 1 is 1.03 bits per heavy atom. The third kappa shape index (κ3) is 7.77. The first-order valence-corrected chi connectivity index (χ1v) is 12.5. The zero-order valence-corrected chi connectivity index (χ0v) is 22.4. The first-order valence-electron chi connectivity index (χ1n) is 12.2. The largest absolute Gasteiger partial charge is 0.490 e. The quantitative estimate of drug-likeness (QED) is 0.230. The third-order valence-electron chi connectivity index (χ3n) is 6.33. The van der Waals surface area contributed by atoms with Crippen molar-refractivity contribution in [2.24, 2.45) is 11.7 Å². The van der Waals surface area contributed by atoms with Gasteiger partial charge in [0.2, 0.25) is 5.91 Å². The van der Waals surface area contributed by atoms with Crippen molar-refractivity contribution in [2.75, 3.05) is 31.2 Å². The maximum absolute atomic E-state index is 13.8. The highest BCUT2D eigenvalue weighted by Crippen LogP contribution is 2.36. The van der Waals surface area contributed by atoms with E-state index in [-0.39, 0.29) is 48.8 Å². The highest BCUT2D eigenvalue weighted by Gasteiger charge is 2.33. The molecule has 0 aromatic heterocycles. The number of hydrogen-bond donors (Lipinski definition) is 1. The second-order valence-electron chi connectivity index (χ2n) is 8.99. The average Bonchev–Trinajstić information content (AvgIpc) is 2.90. The summed E-state index contributed by atoms with van der Waals surface area (Å²) in [5, 5.41) is 0.282. The van der Waals surface area contributed by atoms with E-state index in [9.17, 15) is 22.4 Å². The molecule has 0 saturated carbocycles. The number of carbonyl (C=O) groups excluding carboxylic acids is 1. The molecular formula is C28H28Cl2F4N2O3. The zero-order valence-electron chi connectivity index (χ0n) is 20.8. The molecule has 0 radical (unpaired) electrons. The number of nitrogens with zero attached hydrogens (tertiary/aromatic N) is 1. The summed E-state index contributed by atoms with van der Waals surface area (Å²) in [4.78, 5) is 14.9. The van der Waals surface area contributed by atoms with Crippen LogP contribution < -0.4 is 20.1 Å². The Morgan fingerprint density at radius 3 is 2.41 bits per heavy atom. The molecule has 3 aromatic rings. The van der Waals surface area contributed by atoms with Crippen LogP contribution in [0.4, 0.5) is 23.2 Å². The van der Waals surface area contributed by atoms with Gasteiger partial charge >= 0.3 is 6.18 Å². The number of halogens is 6. The molecule has 4 rings (SSSR count). The van der Waals surface area contributed by atoms with Gasteiger partial charge in [-0.25, -0.2) is 4.39 Å². The van der Waals surface area contributed by atoms with E-state index in [2.05, 4.69) is 0 Å². The zero-order chi connectivity index (χ0) is 27.3. The van der Waals surface area contributed by atoms with E-state index in [1.807, 2.05) is 12.1 Å². The lowest BCUT2D eigenvalue weighted by atomic mass is 9.94. The topological polar surface area (TPSA) is 64.8 Å². The summed E-state index contributed by atoms with van der Waals surface area (Å²) in [7, 11) is 0. The minimum atomic E-state index is -4.43. The van der Waals surface area contributed by atoms with Crippen molar-refractivity contribution >= 4 is 35.6 Å². The third-order valence-corrected chi connectivity index (χ3v) is 6.57. The number of aryl methyl sites for hydroxylation is 1. The van der Waals surface area contributed by atoms with E-state index in [4.69, 9.17) is 26.8 Å². The summed E-state index contributed by atoms with van der Waals surface area (Å²) in [5.41, 5.74) is 7.11. The fourth-order valence-electron chi connectivity index (χ4n) is 4.40. The lowest BCUT2D eigenvalue weighted by Gasteiger charge is -2.32. The molecule has 5 nitrogen and oxygen atoms in total. The summed E-state index contributed by atoms with van der Waals surface area (Å²) in [6.45, 7) is 0.853. The maximum atomic E-state index is 13.8. The number of benzene rings is 3. The standard InChI is InChI=1S/C28H27ClF4N2O3.ClH/c29-22-6-10-26(24(30)16-22)38-13-12-37-23-7-3-18(4-8-23)14-20(17-34)27(36)35-11-1-2-19-15-21(28(31,32)33)5-9-25(19)35;/h3-10,15-16,20H,1-2,11-14,17,34H2;1H. The molecule has 1 heterocycles. The Balaban J connectivity index is 0.00000420. The molecule has 1 amide bonds. The Bertz CT molecular complexity index is 1270. The van der Waals surface area contributed by atoms with Gasteiger partial charge in [0.05, 0.1) is 11.5 Å². The monoisotopic (exact) mass is 586 g/mol. The highest BCUT2D eigenvalue weighted by molar-refractivity contribution is 6.30. The molecule has 0 bridgehead atoms. The Morgan fingerprint density at radius 2 is 1.74 bits per heavy atom. The number of ether oxygens (including phenoxy) is 2. The van der Waals surface area contributed by atoms with Crippen LogP contribution in [0.1, 0.15) is 23.1 Å². The van der Waals surface area contributed by atoms with Crippen LogP contribution in [0.5, 0.6) is 11.5 Å². The Kier molecular flexibility index (Phi) is 10.5. The van der Waals surface area contributed by atoms with E-state index in [0.717, 1.165) is 17.7 Å². The number of amides is 1. The summed E-state index contributed by atoms with van der Waals surface area (Å²) in [6.07, 6.45) is -2.99. The summed E-state index contributed by atoms with van der Waals surface area (Å²) >= 11 is 5.73. The van der Waals surface area contributed by atoms with Crippen molar-refractivity contribution in [3.63, 3.8) is 0 Å². The number of hydrogen-bond acceptors (Lipinski definition) is 4. The van der Waals surface area contributed by atoms with Crippen molar-refractivity contribution in [1.82, 2.24) is 0 Å². The van der Waals surface area contributed by atoms with Gasteiger partial charge in [-0.15, -0.1) is 12.4 Å². The van der Waals surface area contributed by atoms with Crippen molar-refractivity contribution in [1.29, 1.82) is 0 Å². The Hall–Kier alpha value is -3.01. The van der Waals surface area contributed by atoms with Crippen LogP contribution in [-0.4, -0.2) is 32.2 Å². The van der Waals surface area contributed by atoms with E-state index in [1.165, 1.54) is 24.3 Å². The van der Waals surface area contributed by atoms with Gasteiger partial charge in [0.25, 0.3) is 0 Å². The van der Waals surface area contributed by atoms with Crippen LogP contribution in [0, 0.1) is 11.7 Å². The number of rotatable bonds is 9. The first kappa shape index (κ1) is 30.5. The SMILES string of the molecule is Cl.NCC(Cc1ccc(OCCOc2ccc(Cl)cc2F)cc1)C(=O)N1CCCc2cc(C(F)(F)F)ccc21. The number of fused-ring (bicyclic) bond motifs is 1. The molecule has 0 aliphatic carbocycles. The van der Waals surface area contributed by atoms with E-state index in [1.54, 1.807) is 17.0 Å². The van der Waals surface area contributed by atoms with Crippen LogP contribution in [0.15, 0.2) is 60.7 Å². The highest BCUT2D eigenvalue weighted by atomic mass is 35.5. The van der Waals surface area contributed by atoms with E-state index in [0.29, 0.717) is 42.8 Å². The van der Waals surface area contributed by atoms with Gasteiger partial charge in [-0.3, -0.25) is 4.79 Å². The maximum Gasteiger partial charge on any atom is 0.416 e. The van der Waals surface area contributed by atoms with Gasteiger partial charge in [-0.1, -0.05) is 23.7 Å². The molecule has 1 unspecified atom stereocenters. The van der Waals surface area contributed by atoms with Gasteiger partial charge in [-0.2, -0.15) is 13.2 Å². The molecule has 1 atom stereocenters. The summed E-state index contributed by atoms with van der Waals surface area (Å²) in [5.74, 6) is -0.624. The van der Waals surface area contributed by atoms with E-state index < -0.39 is 23.5 Å².